The number of hydrogen-bond acceptors (Lipinski definition) is 2. The van der Waals surface area contributed by atoms with E-state index in [1.165, 1.54) is 119 Å². The molecule has 16 rings (SSSR count). The van der Waals surface area contributed by atoms with E-state index >= 15 is 0 Å². The zero-order valence-corrected chi connectivity index (χ0v) is 41.5. The molecule has 1 aliphatic carbocycles. The third kappa shape index (κ3) is 6.17. The van der Waals surface area contributed by atoms with E-state index in [-0.39, 0.29) is 0 Å². The Balaban J connectivity index is 0.790. The van der Waals surface area contributed by atoms with Crippen molar-refractivity contribution < 1.29 is 0 Å². The van der Waals surface area contributed by atoms with Gasteiger partial charge in [0.15, 0.2) is 5.65 Å². The minimum atomic E-state index is -0.438. The maximum Gasteiger partial charge on any atom is 0.156 e. The Morgan fingerprint density at radius 2 is 0.893 bits per heavy atom. The zero-order chi connectivity index (χ0) is 49.2. The van der Waals surface area contributed by atoms with Gasteiger partial charge >= 0.3 is 0 Å². The van der Waals surface area contributed by atoms with Crippen LogP contribution in [0.4, 0.5) is 0 Å². The first-order valence-corrected chi connectivity index (χ1v) is 26.7. The van der Waals surface area contributed by atoms with E-state index in [1.807, 2.05) is 11.3 Å². The van der Waals surface area contributed by atoms with E-state index in [4.69, 9.17) is 4.98 Å². The van der Waals surface area contributed by atoms with Gasteiger partial charge in [-0.2, -0.15) is 0 Å². The smallest absolute Gasteiger partial charge is 0.156 e. The fraction of sp³-hybridized carbons (Fsp3) is 0.0139. The molecule has 1 aliphatic rings. The van der Waals surface area contributed by atoms with Crippen molar-refractivity contribution in [2.45, 2.75) is 5.41 Å². The maximum atomic E-state index is 5.53. The Bertz CT molecular complexity index is 4760. The molecule has 0 fully saturated rings. The van der Waals surface area contributed by atoms with Gasteiger partial charge in [0.1, 0.15) is 0 Å². The van der Waals surface area contributed by atoms with Crippen molar-refractivity contribution in [1.29, 1.82) is 0 Å². The average molecular weight is 969 g/mol. The van der Waals surface area contributed by atoms with Gasteiger partial charge in [0, 0.05) is 20.9 Å². The van der Waals surface area contributed by atoms with Crippen molar-refractivity contribution in [3.05, 3.63) is 289 Å². The Hall–Kier alpha value is -9.41. The van der Waals surface area contributed by atoms with E-state index in [1.54, 1.807) is 0 Å². The van der Waals surface area contributed by atoms with Crippen molar-refractivity contribution in [2.75, 3.05) is 0 Å². The largest absolute Gasteiger partial charge is 0.291 e. The monoisotopic (exact) mass is 968 g/mol. The van der Waals surface area contributed by atoms with E-state index < -0.39 is 5.41 Å². The lowest BCUT2D eigenvalue weighted by molar-refractivity contribution is 0.768. The summed E-state index contributed by atoms with van der Waals surface area (Å²) in [5.41, 5.74) is 20.1. The van der Waals surface area contributed by atoms with Gasteiger partial charge < -0.3 is 0 Å². The number of aromatic nitrogens is 2. The molecule has 0 aliphatic heterocycles. The topological polar surface area (TPSA) is 17.3 Å². The first-order valence-electron chi connectivity index (χ1n) is 25.8. The van der Waals surface area contributed by atoms with Crippen LogP contribution in [0.3, 0.4) is 0 Å². The minimum Gasteiger partial charge on any atom is -0.291 e. The first-order chi connectivity index (χ1) is 37.2. The standard InChI is InChI=1S/C72H44N2S/c1-3-18-52(19-4-1)72(53-20-5-2-6-21-53)63-27-13-11-25-60(63)68-56(26-15-28-64(68)72)47-32-30-45(31-33-47)54-39-40-55(58-23-10-9-22-57(54)58)46-34-36-48(37-35-46)66-44-62-59-24-12-14-29-67(59)75-70(62)71-73-69-61-43-50-17-8-7-16-49(50)42-51(61)38-41-65(69)74(66)71/h1-44H. The molecule has 0 atom stereocenters. The van der Waals surface area contributed by atoms with Crippen LogP contribution in [0.15, 0.2) is 267 Å². The van der Waals surface area contributed by atoms with Gasteiger partial charge in [0.25, 0.3) is 0 Å². The van der Waals surface area contributed by atoms with Crippen LogP contribution in [0, 0.1) is 0 Å². The summed E-state index contributed by atoms with van der Waals surface area (Å²) < 4.78 is 4.89. The molecule has 3 heteroatoms. The van der Waals surface area contributed by atoms with Gasteiger partial charge in [0.2, 0.25) is 0 Å². The van der Waals surface area contributed by atoms with Crippen molar-refractivity contribution >= 4 is 80.5 Å². The van der Waals surface area contributed by atoms with Crippen LogP contribution in [0.2, 0.25) is 0 Å². The lowest BCUT2D eigenvalue weighted by Gasteiger charge is -2.34. The molecule has 12 aromatic carbocycles. The lowest BCUT2D eigenvalue weighted by Crippen LogP contribution is -2.28. The molecule has 3 heterocycles. The van der Waals surface area contributed by atoms with E-state index in [2.05, 4.69) is 271 Å². The van der Waals surface area contributed by atoms with Crippen LogP contribution < -0.4 is 0 Å². The summed E-state index contributed by atoms with van der Waals surface area (Å²) in [6.07, 6.45) is 0. The fourth-order valence-corrected chi connectivity index (χ4v) is 14.1. The van der Waals surface area contributed by atoms with Gasteiger partial charge in [-0.3, -0.25) is 4.40 Å². The number of imidazole rings is 1. The highest BCUT2D eigenvalue weighted by Gasteiger charge is 2.46. The van der Waals surface area contributed by atoms with Gasteiger partial charge in [-0.05, 0) is 130 Å². The van der Waals surface area contributed by atoms with Crippen molar-refractivity contribution in [3.8, 4) is 55.8 Å². The average Bonchev–Trinajstić information content (AvgIpc) is 4.16. The van der Waals surface area contributed by atoms with Crippen molar-refractivity contribution in [2.24, 2.45) is 0 Å². The second-order valence-electron chi connectivity index (χ2n) is 20.1. The van der Waals surface area contributed by atoms with Crippen LogP contribution >= 0.6 is 11.3 Å². The highest BCUT2D eigenvalue weighted by atomic mass is 32.1. The molecule has 348 valence electrons. The van der Waals surface area contributed by atoms with E-state index in [0.717, 1.165) is 27.9 Å². The third-order valence-electron chi connectivity index (χ3n) is 16.3. The molecule has 0 radical (unpaired) electrons. The number of hydrogen-bond donors (Lipinski definition) is 0. The summed E-state index contributed by atoms with van der Waals surface area (Å²) >= 11 is 1.83. The Kier molecular flexibility index (Phi) is 9.16. The fourth-order valence-electron chi connectivity index (χ4n) is 12.9. The number of rotatable bonds is 6. The third-order valence-corrected chi connectivity index (χ3v) is 17.5. The number of pyridine rings is 1. The Labute approximate surface area is 437 Å². The molecule has 0 saturated carbocycles. The number of thiophene rings is 1. The number of nitrogens with zero attached hydrogens (tertiary/aromatic N) is 2. The Morgan fingerprint density at radius 1 is 0.347 bits per heavy atom. The molecule has 15 aromatic rings. The molecule has 75 heavy (non-hydrogen) atoms. The predicted molar refractivity (Wildman–Crippen MR) is 317 cm³/mol. The van der Waals surface area contributed by atoms with Crippen LogP contribution in [0.25, 0.3) is 125 Å². The molecule has 2 nitrogen and oxygen atoms in total. The summed E-state index contributed by atoms with van der Waals surface area (Å²) in [5, 5.41) is 9.83. The van der Waals surface area contributed by atoms with Crippen molar-refractivity contribution in [1.82, 2.24) is 9.38 Å². The molecule has 0 amide bonds. The molecule has 0 saturated heterocycles. The Morgan fingerprint density at radius 3 is 1.59 bits per heavy atom. The van der Waals surface area contributed by atoms with E-state index in [9.17, 15) is 0 Å². The van der Waals surface area contributed by atoms with Gasteiger partial charge in [-0.15, -0.1) is 11.3 Å². The van der Waals surface area contributed by atoms with Crippen LogP contribution in [-0.4, -0.2) is 9.38 Å². The summed E-state index contributed by atoms with van der Waals surface area (Å²) in [4.78, 5) is 5.53. The summed E-state index contributed by atoms with van der Waals surface area (Å²) in [7, 11) is 0. The van der Waals surface area contributed by atoms with E-state index in [0.29, 0.717) is 0 Å². The number of benzene rings is 12. The minimum absolute atomic E-state index is 0.438. The quantitative estimate of drug-likeness (QED) is 0.152. The molecular formula is C72H44N2S. The predicted octanol–water partition coefficient (Wildman–Crippen LogP) is 19.3. The summed E-state index contributed by atoms with van der Waals surface area (Å²) in [6.45, 7) is 0. The van der Waals surface area contributed by atoms with Gasteiger partial charge in [-0.25, -0.2) is 4.98 Å². The molecule has 0 spiro atoms. The molecule has 0 bridgehead atoms. The van der Waals surface area contributed by atoms with Gasteiger partial charge in [-0.1, -0.05) is 237 Å². The highest BCUT2D eigenvalue weighted by molar-refractivity contribution is 7.26. The molecule has 3 aromatic heterocycles. The van der Waals surface area contributed by atoms with Gasteiger partial charge in [0.05, 0.1) is 26.8 Å². The second-order valence-corrected chi connectivity index (χ2v) is 21.2. The first kappa shape index (κ1) is 42.1. The molecule has 0 N–H and O–H groups in total. The summed E-state index contributed by atoms with van der Waals surface area (Å²) in [5.74, 6) is 0. The highest BCUT2D eigenvalue weighted by Crippen LogP contribution is 2.58. The zero-order valence-electron chi connectivity index (χ0n) is 40.7. The van der Waals surface area contributed by atoms with Crippen LogP contribution in [-0.2, 0) is 5.41 Å². The SMILES string of the molecule is c1ccc(C2(c3ccccc3)c3ccccc3-c3c(-c4ccc(-c5ccc(-c6ccc(-c7cc8c9ccccc9sc8c8nc9c%10cc%11ccccc%11cc%10ccc9n78)cc6)c6ccccc56)cc4)cccc32)cc1. The summed E-state index contributed by atoms with van der Waals surface area (Å²) in [6, 6.07) is 98.9. The molecule has 0 unspecified atom stereocenters. The second kappa shape index (κ2) is 16.3. The van der Waals surface area contributed by atoms with Crippen molar-refractivity contribution in [3.63, 3.8) is 0 Å². The van der Waals surface area contributed by atoms with Crippen LogP contribution in [0.5, 0.6) is 0 Å². The normalized spacial score (nSPS) is 12.9. The van der Waals surface area contributed by atoms with Crippen LogP contribution in [0.1, 0.15) is 22.3 Å². The maximum absolute atomic E-state index is 5.53. The number of fused-ring (bicyclic) bond motifs is 14. The lowest BCUT2D eigenvalue weighted by atomic mass is 9.67. The molecular weight excluding hydrogens is 925 g/mol.